The largest absolute Gasteiger partial charge is 0.0654 e. The van der Waals surface area contributed by atoms with Crippen molar-refractivity contribution in [2.45, 2.75) is 72.1 Å². The van der Waals surface area contributed by atoms with Crippen LogP contribution in [0.25, 0.3) is 0 Å². The highest BCUT2D eigenvalue weighted by Gasteiger charge is 2.27. The van der Waals surface area contributed by atoms with Gasteiger partial charge in [-0.15, -0.1) is 0 Å². The summed E-state index contributed by atoms with van der Waals surface area (Å²) in [5, 5.41) is 0. The minimum absolute atomic E-state index is 1.06. The minimum atomic E-state index is 1.06. The molecule has 84 valence electrons. The lowest BCUT2D eigenvalue weighted by molar-refractivity contribution is 0.159. The van der Waals surface area contributed by atoms with E-state index in [4.69, 9.17) is 0 Å². The second kappa shape index (κ2) is 6.48. The molecule has 1 saturated carbocycles. The van der Waals surface area contributed by atoms with Crippen LogP contribution in [0.5, 0.6) is 0 Å². The molecule has 0 bridgehead atoms. The first kappa shape index (κ1) is 12.1. The summed E-state index contributed by atoms with van der Waals surface area (Å²) in [6.07, 6.45) is 11.7. The minimum Gasteiger partial charge on any atom is -0.0654 e. The number of hydrogen-bond donors (Lipinski definition) is 0. The first-order chi connectivity index (χ1) is 6.81. The SMILES string of the molecule is CCCCC1CC(CC)CCC1CC. The fraction of sp³-hybridized carbons (Fsp3) is 1.00. The molecule has 0 N–H and O–H groups in total. The molecule has 3 atom stereocenters. The van der Waals surface area contributed by atoms with E-state index < -0.39 is 0 Å². The van der Waals surface area contributed by atoms with Gasteiger partial charge in [0.05, 0.1) is 0 Å². The van der Waals surface area contributed by atoms with E-state index in [0.717, 1.165) is 17.8 Å². The van der Waals surface area contributed by atoms with Crippen LogP contribution in [0.15, 0.2) is 0 Å². The Bertz CT molecular complexity index is 139. The van der Waals surface area contributed by atoms with Crippen LogP contribution in [0, 0.1) is 17.8 Å². The van der Waals surface area contributed by atoms with Crippen LogP contribution in [0.4, 0.5) is 0 Å². The molecule has 0 spiro atoms. The lowest BCUT2D eigenvalue weighted by Crippen LogP contribution is -2.24. The molecular weight excluding hydrogens is 168 g/mol. The predicted octanol–water partition coefficient (Wildman–Crippen LogP) is 5.03. The molecule has 1 fully saturated rings. The van der Waals surface area contributed by atoms with E-state index in [1.165, 1.54) is 51.4 Å². The maximum atomic E-state index is 2.38. The zero-order valence-electron chi connectivity index (χ0n) is 10.4. The molecule has 0 aromatic carbocycles. The van der Waals surface area contributed by atoms with Crippen LogP contribution >= 0.6 is 0 Å². The van der Waals surface area contributed by atoms with E-state index in [-0.39, 0.29) is 0 Å². The standard InChI is InChI=1S/C14H28/c1-4-7-8-14-11-12(5-2)9-10-13(14)6-3/h12-14H,4-11H2,1-3H3. The molecule has 1 aliphatic carbocycles. The molecule has 0 nitrogen and oxygen atoms in total. The van der Waals surface area contributed by atoms with Crippen molar-refractivity contribution < 1.29 is 0 Å². The lowest BCUT2D eigenvalue weighted by atomic mass is 9.70. The Morgan fingerprint density at radius 1 is 0.929 bits per heavy atom. The van der Waals surface area contributed by atoms with Crippen LogP contribution in [0.3, 0.4) is 0 Å². The van der Waals surface area contributed by atoms with E-state index in [0.29, 0.717) is 0 Å². The van der Waals surface area contributed by atoms with Gasteiger partial charge in [0.15, 0.2) is 0 Å². The zero-order chi connectivity index (χ0) is 10.4. The summed E-state index contributed by atoms with van der Waals surface area (Å²) in [5.74, 6) is 3.18. The van der Waals surface area contributed by atoms with E-state index in [9.17, 15) is 0 Å². The summed E-state index contributed by atoms with van der Waals surface area (Å²) in [5.41, 5.74) is 0. The Morgan fingerprint density at radius 3 is 2.29 bits per heavy atom. The topological polar surface area (TPSA) is 0 Å². The van der Waals surface area contributed by atoms with Crippen molar-refractivity contribution in [1.29, 1.82) is 0 Å². The molecule has 0 amide bonds. The summed E-state index contributed by atoms with van der Waals surface area (Å²) in [6, 6.07) is 0. The first-order valence-corrected chi connectivity index (χ1v) is 6.81. The monoisotopic (exact) mass is 196 g/mol. The first-order valence-electron chi connectivity index (χ1n) is 6.81. The second-order valence-electron chi connectivity index (χ2n) is 5.16. The average molecular weight is 196 g/mol. The molecule has 0 heterocycles. The van der Waals surface area contributed by atoms with Gasteiger partial charge in [-0.2, -0.15) is 0 Å². The van der Waals surface area contributed by atoms with Crippen LogP contribution in [0.1, 0.15) is 72.1 Å². The molecule has 3 unspecified atom stereocenters. The molecule has 14 heavy (non-hydrogen) atoms. The van der Waals surface area contributed by atoms with Crippen LogP contribution in [0.2, 0.25) is 0 Å². The highest BCUT2D eigenvalue weighted by atomic mass is 14.3. The Labute approximate surface area is 90.5 Å². The number of rotatable bonds is 5. The van der Waals surface area contributed by atoms with Crippen LogP contribution in [-0.4, -0.2) is 0 Å². The van der Waals surface area contributed by atoms with Crippen molar-refractivity contribution in [3.63, 3.8) is 0 Å². The third kappa shape index (κ3) is 3.29. The van der Waals surface area contributed by atoms with Crippen molar-refractivity contribution in [1.82, 2.24) is 0 Å². The molecule has 0 aliphatic heterocycles. The maximum absolute atomic E-state index is 2.38. The molecule has 0 aromatic heterocycles. The summed E-state index contributed by atoms with van der Waals surface area (Å²) in [6.45, 7) is 7.07. The Morgan fingerprint density at radius 2 is 1.71 bits per heavy atom. The highest BCUT2D eigenvalue weighted by Crippen LogP contribution is 2.39. The molecular formula is C14H28. The Hall–Kier alpha value is 0. The van der Waals surface area contributed by atoms with E-state index in [2.05, 4.69) is 20.8 Å². The van der Waals surface area contributed by atoms with Gasteiger partial charge in [-0.05, 0) is 30.6 Å². The quantitative estimate of drug-likeness (QED) is 0.578. The normalized spacial score (nSPS) is 33.2. The van der Waals surface area contributed by atoms with Crippen molar-refractivity contribution in [2.75, 3.05) is 0 Å². The molecule has 0 radical (unpaired) electrons. The fourth-order valence-corrected chi connectivity index (χ4v) is 3.15. The molecule has 0 saturated heterocycles. The predicted molar refractivity (Wildman–Crippen MR) is 64.4 cm³/mol. The van der Waals surface area contributed by atoms with Gasteiger partial charge in [0.1, 0.15) is 0 Å². The number of hydrogen-bond acceptors (Lipinski definition) is 0. The Balaban J connectivity index is 2.38. The molecule has 1 aliphatic rings. The molecule has 0 aromatic rings. The summed E-state index contributed by atoms with van der Waals surface area (Å²) in [7, 11) is 0. The van der Waals surface area contributed by atoms with Gasteiger partial charge in [0.2, 0.25) is 0 Å². The van der Waals surface area contributed by atoms with Gasteiger partial charge in [0.25, 0.3) is 0 Å². The second-order valence-corrected chi connectivity index (χ2v) is 5.16. The van der Waals surface area contributed by atoms with Crippen molar-refractivity contribution in [3.8, 4) is 0 Å². The van der Waals surface area contributed by atoms with Gasteiger partial charge >= 0.3 is 0 Å². The third-order valence-corrected chi connectivity index (χ3v) is 4.28. The van der Waals surface area contributed by atoms with Gasteiger partial charge in [0, 0.05) is 0 Å². The number of unbranched alkanes of at least 4 members (excludes halogenated alkanes) is 1. The van der Waals surface area contributed by atoms with Crippen LogP contribution < -0.4 is 0 Å². The molecule has 1 rings (SSSR count). The third-order valence-electron chi connectivity index (χ3n) is 4.28. The van der Waals surface area contributed by atoms with Crippen molar-refractivity contribution in [3.05, 3.63) is 0 Å². The van der Waals surface area contributed by atoms with Gasteiger partial charge in [-0.25, -0.2) is 0 Å². The summed E-state index contributed by atoms with van der Waals surface area (Å²) >= 11 is 0. The van der Waals surface area contributed by atoms with E-state index in [1.54, 1.807) is 0 Å². The Kier molecular flexibility index (Phi) is 5.59. The summed E-state index contributed by atoms with van der Waals surface area (Å²) in [4.78, 5) is 0. The van der Waals surface area contributed by atoms with Crippen molar-refractivity contribution >= 4 is 0 Å². The fourth-order valence-electron chi connectivity index (χ4n) is 3.15. The van der Waals surface area contributed by atoms with Gasteiger partial charge < -0.3 is 0 Å². The van der Waals surface area contributed by atoms with Crippen LogP contribution in [-0.2, 0) is 0 Å². The lowest BCUT2D eigenvalue weighted by Gasteiger charge is -2.35. The summed E-state index contributed by atoms with van der Waals surface area (Å²) < 4.78 is 0. The zero-order valence-corrected chi connectivity index (χ0v) is 10.4. The van der Waals surface area contributed by atoms with Gasteiger partial charge in [-0.1, -0.05) is 59.3 Å². The smallest absolute Gasteiger partial charge is 0.0383 e. The highest BCUT2D eigenvalue weighted by molar-refractivity contribution is 4.78. The van der Waals surface area contributed by atoms with E-state index >= 15 is 0 Å². The molecule has 0 heteroatoms. The average Bonchev–Trinajstić information content (AvgIpc) is 2.25. The van der Waals surface area contributed by atoms with Gasteiger partial charge in [-0.3, -0.25) is 0 Å². The van der Waals surface area contributed by atoms with E-state index in [1.807, 2.05) is 0 Å². The maximum Gasteiger partial charge on any atom is -0.0383 e. The van der Waals surface area contributed by atoms with Crippen molar-refractivity contribution in [2.24, 2.45) is 17.8 Å².